The van der Waals surface area contributed by atoms with Crippen molar-refractivity contribution >= 4 is 39.7 Å². The molecule has 0 unspecified atom stereocenters. The molecule has 0 saturated heterocycles. The highest BCUT2D eigenvalue weighted by Gasteiger charge is 2.25. The maximum absolute atomic E-state index is 12.6. The summed E-state index contributed by atoms with van der Waals surface area (Å²) in [7, 11) is 1.68. The second-order valence-corrected chi connectivity index (χ2v) is 9.18. The second-order valence-electron chi connectivity index (χ2n) is 8.08. The number of hydrogen-bond donors (Lipinski definition) is 3. The van der Waals surface area contributed by atoms with Crippen molar-refractivity contribution in [2.75, 3.05) is 44.0 Å². The molecule has 1 aliphatic rings. The van der Waals surface area contributed by atoms with Crippen LogP contribution in [-0.4, -0.2) is 56.0 Å². The molecule has 2 aromatic rings. The third kappa shape index (κ3) is 6.48. The number of aryl methyl sites for hydroxylation is 1. The fourth-order valence-corrected chi connectivity index (χ4v) is 5.27. The third-order valence-corrected chi connectivity index (χ3v) is 6.53. The van der Waals surface area contributed by atoms with Crippen molar-refractivity contribution in [2.24, 2.45) is 5.73 Å². The fourth-order valence-electron chi connectivity index (χ4n) is 3.96. The molecule has 0 atom stereocenters. The normalized spacial score (nSPS) is 12.7. The van der Waals surface area contributed by atoms with Crippen LogP contribution in [0.15, 0.2) is 18.2 Å². The molecule has 1 heterocycles. The van der Waals surface area contributed by atoms with E-state index in [9.17, 15) is 14.4 Å². The van der Waals surface area contributed by atoms with Crippen molar-refractivity contribution in [1.82, 2.24) is 4.90 Å². The second kappa shape index (κ2) is 11.8. The summed E-state index contributed by atoms with van der Waals surface area (Å²) in [5.41, 5.74) is 7.56. The minimum Gasteiger partial charge on any atom is -0.490 e. The number of thiophene rings is 1. The zero-order valence-corrected chi connectivity index (χ0v) is 20.7. The molecule has 0 saturated carbocycles. The van der Waals surface area contributed by atoms with Crippen molar-refractivity contribution < 1.29 is 23.9 Å². The average Bonchev–Trinajstić information content (AvgIpc) is 3.13. The van der Waals surface area contributed by atoms with Gasteiger partial charge in [-0.25, -0.2) is 0 Å². The number of nitrogens with one attached hydrogen (secondary N) is 2. The van der Waals surface area contributed by atoms with E-state index in [0.717, 1.165) is 36.1 Å². The molecule has 3 amide bonds. The molecular formula is C24H32N4O5S. The first kappa shape index (κ1) is 25.5. The first-order valence-electron chi connectivity index (χ1n) is 11.4. The smallest absolute Gasteiger partial charge is 0.251 e. The van der Waals surface area contributed by atoms with Crippen LogP contribution in [-0.2, 0) is 22.4 Å². The number of carbonyl (C=O) groups excluding carboxylic acids is 3. The van der Waals surface area contributed by atoms with E-state index >= 15 is 0 Å². The summed E-state index contributed by atoms with van der Waals surface area (Å²) in [5, 5.41) is 6.13. The first-order valence-corrected chi connectivity index (χ1v) is 12.3. The number of rotatable bonds is 11. The minimum absolute atomic E-state index is 0.00815. The summed E-state index contributed by atoms with van der Waals surface area (Å²) in [5.74, 6) is 0.0622. The molecular weight excluding hydrogens is 456 g/mol. The van der Waals surface area contributed by atoms with Gasteiger partial charge in [-0.15, -0.1) is 11.3 Å². The van der Waals surface area contributed by atoms with Gasteiger partial charge in [0.1, 0.15) is 5.00 Å². The molecule has 1 aromatic carbocycles. The number of nitrogens with zero attached hydrogens (tertiary/aromatic N) is 1. The van der Waals surface area contributed by atoms with Gasteiger partial charge < -0.3 is 25.8 Å². The van der Waals surface area contributed by atoms with Gasteiger partial charge in [0.25, 0.3) is 5.91 Å². The predicted molar refractivity (Wildman–Crippen MR) is 133 cm³/mol. The SMILES string of the molecule is CCOc1ccc(NC(=O)CN(C)CC(=O)Nc2sc3c(c2C(N)=O)CCCC3)cc1OCC. The number of nitrogens with two attached hydrogens (primary N) is 1. The number of benzene rings is 1. The van der Waals surface area contributed by atoms with E-state index in [1.54, 1.807) is 30.1 Å². The lowest BCUT2D eigenvalue weighted by Crippen LogP contribution is -2.36. The van der Waals surface area contributed by atoms with Gasteiger partial charge in [0.05, 0.1) is 31.9 Å². The van der Waals surface area contributed by atoms with E-state index in [2.05, 4.69) is 10.6 Å². The standard InChI is InChI=1S/C24H32N4O5S/c1-4-32-17-11-10-15(12-18(17)33-5-2)26-20(29)13-28(3)14-21(30)27-24-22(23(25)31)16-8-6-7-9-19(16)34-24/h10-12H,4-9,13-14H2,1-3H3,(H2,25,31)(H,26,29)(H,27,30). The highest BCUT2D eigenvalue weighted by Crippen LogP contribution is 2.37. The van der Waals surface area contributed by atoms with Crippen molar-refractivity contribution in [3.8, 4) is 11.5 Å². The monoisotopic (exact) mass is 488 g/mol. The molecule has 9 nitrogen and oxygen atoms in total. The van der Waals surface area contributed by atoms with Gasteiger partial charge in [-0.2, -0.15) is 0 Å². The van der Waals surface area contributed by atoms with Crippen LogP contribution in [0.4, 0.5) is 10.7 Å². The van der Waals surface area contributed by atoms with Gasteiger partial charge in [-0.1, -0.05) is 0 Å². The Bertz CT molecular complexity index is 1050. The Labute approximate surface area is 203 Å². The topological polar surface area (TPSA) is 123 Å². The molecule has 184 valence electrons. The largest absolute Gasteiger partial charge is 0.490 e. The number of anilines is 2. The summed E-state index contributed by atoms with van der Waals surface area (Å²) in [6, 6.07) is 5.20. The van der Waals surface area contributed by atoms with E-state index in [1.807, 2.05) is 13.8 Å². The van der Waals surface area contributed by atoms with E-state index in [4.69, 9.17) is 15.2 Å². The van der Waals surface area contributed by atoms with Crippen molar-refractivity contribution in [2.45, 2.75) is 39.5 Å². The molecule has 3 rings (SSSR count). The molecule has 0 radical (unpaired) electrons. The predicted octanol–water partition coefficient (Wildman–Crippen LogP) is 3.03. The van der Waals surface area contributed by atoms with Gasteiger partial charge in [0, 0.05) is 16.6 Å². The summed E-state index contributed by atoms with van der Waals surface area (Å²) >= 11 is 1.42. The Kier molecular flexibility index (Phi) is 8.89. The fraction of sp³-hybridized carbons (Fsp3) is 0.458. The third-order valence-electron chi connectivity index (χ3n) is 5.32. The van der Waals surface area contributed by atoms with Crippen LogP contribution in [0.25, 0.3) is 0 Å². The summed E-state index contributed by atoms with van der Waals surface area (Å²) in [4.78, 5) is 39.8. The molecule has 10 heteroatoms. The molecule has 34 heavy (non-hydrogen) atoms. The number of carbonyl (C=O) groups is 3. The van der Waals surface area contributed by atoms with E-state index < -0.39 is 5.91 Å². The summed E-state index contributed by atoms with van der Waals surface area (Å²) in [6.07, 6.45) is 3.77. The van der Waals surface area contributed by atoms with Gasteiger partial charge in [-0.3, -0.25) is 19.3 Å². The summed E-state index contributed by atoms with van der Waals surface area (Å²) < 4.78 is 11.1. The van der Waals surface area contributed by atoms with Crippen molar-refractivity contribution in [1.29, 1.82) is 0 Å². The lowest BCUT2D eigenvalue weighted by molar-refractivity contribution is -0.119. The number of amides is 3. The van der Waals surface area contributed by atoms with Crippen LogP contribution >= 0.6 is 11.3 Å². The number of ether oxygens (including phenoxy) is 2. The Morgan fingerprint density at radius 1 is 1.00 bits per heavy atom. The van der Waals surface area contributed by atoms with Gasteiger partial charge >= 0.3 is 0 Å². The van der Waals surface area contributed by atoms with Gasteiger partial charge in [0.2, 0.25) is 11.8 Å². The zero-order valence-electron chi connectivity index (χ0n) is 19.9. The molecule has 0 spiro atoms. The first-order chi connectivity index (χ1) is 16.3. The number of primary amides is 1. The quantitative estimate of drug-likeness (QED) is 0.447. The van der Waals surface area contributed by atoms with Crippen LogP contribution in [0.5, 0.6) is 11.5 Å². The van der Waals surface area contributed by atoms with Crippen LogP contribution in [0.2, 0.25) is 0 Å². The van der Waals surface area contributed by atoms with Crippen molar-refractivity contribution in [3.63, 3.8) is 0 Å². The average molecular weight is 489 g/mol. The van der Waals surface area contributed by atoms with Crippen LogP contribution in [0.1, 0.15) is 47.5 Å². The van der Waals surface area contributed by atoms with Crippen LogP contribution in [0.3, 0.4) is 0 Å². The molecule has 4 N–H and O–H groups in total. The van der Waals surface area contributed by atoms with E-state index in [-0.39, 0.29) is 24.9 Å². The molecule has 0 aliphatic heterocycles. The molecule has 0 bridgehead atoms. The lowest BCUT2D eigenvalue weighted by Gasteiger charge is -2.17. The van der Waals surface area contributed by atoms with E-state index in [1.165, 1.54) is 11.3 Å². The number of hydrogen-bond acceptors (Lipinski definition) is 7. The molecule has 1 aliphatic carbocycles. The Hall–Kier alpha value is -3.11. The molecule has 1 aromatic heterocycles. The lowest BCUT2D eigenvalue weighted by atomic mass is 9.95. The maximum atomic E-state index is 12.6. The Morgan fingerprint density at radius 2 is 1.65 bits per heavy atom. The highest BCUT2D eigenvalue weighted by atomic mass is 32.1. The Morgan fingerprint density at radius 3 is 2.32 bits per heavy atom. The van der Waals surface area contributed by atoms with Crippen LogP contribution in [0, 0.1) is 0 Å². The van der Waals surface area contributed by atoms with Crippen LogP contribution < -0.4 is 25.8 Å². The highest BCUT2D eigenvalue weighted by molar-refractivity contribution is 7.17. The molecule has 0 fully saturated rings. The summed E-state index contributed by atoms with van der Waals surface area (Å²) in [6.45, 7) is 4.74. The van der Waals surface area contributed by atoms with Gasteiger partial charge in [-0.05, 0) is 64.3 Å². The van der Waals surface area contributed by atoms with Crippen molar-refractivity contribution in [3.05, 3.63) is 34.2 Å². The number of fused-ring (bicyclic) bond motifs is 1. The Balaban J connectivity index is 1.56. The number of likely N-dealkylation sites (N-methyl/N-ethyl adjacent to an activating group) is 1. The minimum atomic E-state index is -0.524. The van der Waals surface area contributed by atoms with Gasteiger partial charge in [0.15, 0.2) is 11.5 Å². The maximum Gasteiger partial charge on any atom is 0.251 e. The van der Waals surface area contributed by atoms with E-state index in [0.29, 0.717) is 41.0 Å². The zero-order chi connectivity index (χ0) is 24.7.